The second kappa shape index (κ2) is 1.96. The van der Waals surface area contributed by atoms with Crippen molar-refractivity contribution in [3.8, 4) is 0 Å². The number of hydrogen-bond donors (Lipinski definition) is 1. The highest BCUT2D eigenvalue weighted by molar-refractivity contribution is 6.69. The molecule has 0 amide bonds. The third-order valence-corrected chi connectivity index (χ3v) is 1.26. The van der Waals surface area contributed by atoms with Crippen LogP contribution in [0.5, 0.6) is 0 Å². The van der Waals surface area contributed by atoms with Crippen molar-refractivity contribution < 1.29 is 24.6 Å². The van der Waals surface area contributed by atoms with E-state index in [1.54, 1.807) is 0 Å². The van der Waals surface area contributed by atoms with Crippen molar-refractivity contribution >= 4 is 17.3 Å². The largest absolute Gasteiger partial charge is 0.844 e. The fraction of sp³-hybridized carbons (Fsp3) is 0.400. The predicted octanol–water partition coefficient (Wildman–Crippen LogP) is -3.20. The number of carbonyl (C=O) groups excluding carboxylic acids is 3. The molecule has 0 bridgehead atoms. The van der Waals surface area contributed by atoms with Crippen LogP contribution in [0.15, 0.2) is 0 Å². The Hall–Kier alpha value is -1.07. The number of aliphatic hydroxyl groups excluding tert-OH is 1. The van der Waals surface area contributed by atoms with Gasteiger partial charge >= 0.3 is 0 Å². The molecule has 5 heteroatoms. The number of carbonyl (C=O) groups is 3. The van der Waals surface area contributed by atoms with E-state index >= 15 is 0 Å². The Kier molecular flexibility index (Phi) is 1.38. The third-order valence-electron chi connectivity index (χ3n) is 1.26. The Morgan fingerprint density at radius 1 is 1.20 bits per heavy atom. The first-order valence-corrected chi connectivity index (χ1v) is 2.52. The van der Waals surface area contributed by atoms with Gasteiger partial charge < -0.3 is 10.2 Å². The standard InChI is InChI=1S/C5H3O5/c6-1-2(7)4(9)5(10)3(1)8/h1-2,6H/q-1. The lowest BCUT2D eigenvalue weighted by molar-refractivity contribution is -0.412. The first kappa shape index (κ1) is 7.04. The lowest BCUT2D eigenvalue weighted by Crippen LogP contribution is -2.40. The van der Waals surface area contributed by atoms with E-state index < -0.39 is 29.6 Å². The Balaban J connectivity index is 3.00. The van der Waals surface area contributed by atoms with Crippen LogP contribution in [-0.4, -0.2) is 34.7 Å². The van der Waals surface area contributed by atoms with Gasteiger partial charge in [-0.2, -0.15) is 0 Å². The van der Waals surface area contributed by atoms with Gasteiger partial charge in [0.05, 0.1) is 0 Å². The summed E-state index contributed by atoms with van der Waals surface area (Å²) in [5.74, 6) is -4.00. The molecule has 10 heavy (non-hydrogen) atoms. The van der Waals surface area contributed by atoms with Gasteiger partial charge in [0, 0.05) is 0 Å². The normalized spacial score (nSPS) is 33.6. The minimum Gasteiger partial charge on any atom is -0.844 e. The first-order chi connectivity index (χ1) is 4.55. The molecule has 0 spiro atoms. The molecular formula is C5H3O5-. The molecular weight excluding hydrogens is 140 g/mol. The van der Waals surface area contributed by atoms with Gasteiger partial charge in [-0.1, -0.05) is 0 Å². The maximum absolute atomic E-state index is 10.4. The van der Waals surface area contributed by atoms with Gasteiger partial charge in [-0.3, -0.25) is 14.4 Å². The Labute approximate surface area is 55.3 Å². The fourth-order valence-electron chi connectivity index (χ4n) is 0.666. The molecule has 0 radical (unpaired) electrons. The molecule has 1 aliphatic rings. The molecule has 0 heterocycles. The van der Waals surface area contributed by atoms with Crippen LogP contribution in [0.1, 0.15) is 0 Å². The van der Waals surface area contributed by atoms with Crippen LogP contribution in [0.3, 0.4) is 0 Å². The minimum atomic E-state index is -2.10. The topological polar surface area (TPSA) is 94.5 Å². The van der Waals surface area contributed by atoms with E-state index in [4.69, 9.17) is 5.11 Å². The molecule has 1 fully saturated rings. The maximum atomic E-state index is 10.4. The van der Waals surface area contributed by atoms with Gasteiger partial charge in [-0.05, 0) is 6.10 Å². The fourth-order valence-corrected chi connectivity index (χ4v) is 0.666. The highest BCUT2D eigenvalue weighted by Gasteiger charge is 2.41. The number of rotatable bonds is 0. The van der Waals surface area contributed by atoms with Crippen LogP contribution in [0.25, 0.3) is 0 Å². The van der Waals surface area contributed by atoms with Crippen molar-refractivity contribution in [2.24, 2.45) is 0 Å². The van der Waals surface area contributed by atoms with Crippen molar-refractivity contribution in [2.45, 2.75) is 12.2 Å². The van der Waals surface area contributed by atoms with Crippen LogP contribution in [0, 0.1) is 0 Å². The zero-order chi connectivity index (χ0) is 7.89. The molecule has 2 unspecified atom stereocenters. The van der Waals surface area contributed by atoms with E-state index in [9.17, 15) is 19.5 Å². The van der Waals surface area contributed by atoms with E-state index in [0.717, 1.165) is 0 Å². The predicted molar refractivity (Wildman–Crippen MR) is 24.8 cm³/mol. The van der Waals surface area contributed by atoms with E-state index in [1.165, 1.54) is 0 Å². The van der Waals surface area contributed by atoms with Crippen molar-refractivity contribution in [3.05, 3.63) is 0 Å². The highest BCUT2D eigenvalue weighted by atomic mass is 16.4. The van der Waals surface area contributed by atoms with Gasteiger partial charge in [0.2, 0.25) is 5.78 Å². The Bertz CT molecular complexity index is 196. The third kappa shape index (κ3) is 0.680. The zero-order valence-electron chi connectivity index (χ0n) is 4.73. The monoisotopic (exact) mass is 143 g/mol. The molecule has 2 atom stereocenters. The summed E-state index contributed by atoms with van der Waals surface area (Å²) in [7, 11) is 0. The van der Waals surface area contributed by atoms with Gasteiger partial charge in [0.15, 0.2) is 5.78 Å². The van der Waals surface area contributed by atoms with Crippen LogP contribution < -0.4 is 5.11 Å². The summed E-state index contributed by atoms with van der Waals surface area (Å²) in [6.07, 6.45) is -4.06. The zero-order valence-corrected chi connectivity index (χ0v) is 4.73. The smallest absolute Gasteiger partial charge is 0.265 e. The molecule has 0 aromatic carbocycles. The van der Waals surface area contributed by atoms with Gasteiger partial charge in [-0.15, -0.1) is 0 Å². The van der Waals surface area contributed by atoms with Crippen LogP contribution >= 0.6 is 0 Å². The molecule has 1 aliphatic carbocycles. The highest BCUT2D eigenvalue weighted by Crippen LogP contribution is 2.05. The summed E-state index contributed by atoms with van der Waals surface area (Å²) in [5.41, 5.74) is 0. The summed E-state index contributed by atoms with van der Waals surface area (Å²) < 4.78 is 0. The lowest BCUT2D eigenvalue weighted by Gasteiger charge is -2.13. The average Bonchev–Trinajstić information content (AvgIpc) is 2.07. The molecule has 5 nitrogen and oxygen atoms in total. The number of ketones is 3. The molecule has 0 saturated heterocycles. The second-order valence-electron chi connectivity index (χ2n) is 1.92. The molecule has 1 rings (SSSR count). The van der Waals surface area contributed by atoms with E-state index in [1.807, 2.05) is 0 Å². The molecule has 0 aliphatic heterocycles. The second-order valence-corrected chi connectivity index (χ2v) is 1.92. The molecule has 54 valence electrons. The summed E-state index contributed by atoms with van der Waals surface area (Å²) in [6.45, 7) is 0. The van der Waals surface area contributed by atoms with Crippen LogP contribution in [0.2, 0.25) is 0 Å². The molecule has 0 aromatic rings. The van der Waals surface area contributed by atoms with Crippen molar-refractivity contribution in [1.82, 2.24) is 0 Å². The van der Waals surface area contributed by atoms with Crippen molar-refractivity contribution in [2.75, 3.05) is 0 Å². The van der Waals surface area contributed by atoms with Gasteiger partial charge in [0.1, 0.15) is 6.10 Å². The number of aliphatic hydroxyl groups is 1. The number of Topliss-reactive ketones (excluding diaryl/α,β-unsaturated/α-hetero) is 3. The number of hydrogen-bond acceptors (Lipinski definition) is 5. The summed E-state index contributed by atoms with van der Waals surface area (Å²) >= 11 is 0. The summed E-state index contributed by atoms with van der Waals surface area (Å²) in [5, 5.41) is 18.9. The molecule has 1 N–H and O–H groups in total. The quantitative estimate of drug-likeness (QED) is 0.360. The minimum absolute atomic E-state index is 1.29. The van der Waals surface area contributed by atoms with Crippen LogP contribution in [0.4, 0.5) is 0 Å². The van der Waals surface area contributed by atoms with E-state index in [-0.39, 0.29) is 0 Å². The van der Waals surface area contributed by atoms with Crippen LogP contribution in [-0.2, 0) is 14.4 Å². The maximum Gasteiger partial charge on any atom is 0.265 e. The molecule has 0 aromatic heterocycles. The lowest BCUT2D eigenvalue weighted by atomic mass is 10.2. The van der Waals surface area contributed by atoms with E-state index in [2.05, 4.69) is 0 Å². The van der Waals surface area contributed by atoms with Gasteiger partial charge in [-0.25, -0.2) is 0 Å². The summed E-state index contributed by atoms with van der Waals surface area (Å²) in [4.78, 5) is 30.9. The van der Waals surface area contributed by atoms with Gasteiger partial charge in [0.25, 0.3) is 5.78 Å². The average molecular weight is 143 g/mol. The summed E-state index contributed by atoms with van der Waals surface area (Å²) in [6, 6.07) is 0. The van der Waals surface area contributed by atoms with Crippen molar-refractivity contribution in [1.29, 1.82) is 0 Å². The van der Waals surface area contributed by atoms with Crippen molar-refractivity contribution in [3.63, 3.8) is 0 Å². The Morgan fingerprint density at radius 2 is 1.70 bits per heavy atom. The first-order valence-electron chi connectivity index (χ1n) is 2.52. The Morgan fingerprint density at radius 3 is 1.80 bits per heavy atom. The SMILES string of the molecule is O=C1C(=O)C([O-])C(O)C1=O. The molecule has 1 saturated carbocycles. The van der Waals surface area contributed by atoms with E-state index in [0.29, 0.717) is 0 Å².